The van der Waals surface area contributed by atoms with Crippen LogP contribution in [0.3, 0.4) is 0 Å². The first-order valence-corrected chi connectivity index (χ1v) is 14.1. The molecule has 1 amide bonds. The first kappa shape index (κ1) is 34.0. The van der Waals surface area contributed by atoms with Gasteiger partial charge < -0.3 is 9.64 Å². The first-order valence-electron chi connectivity index (χ1n) is 14.1. The van der Waals surface area contributed by atoms with Crippen molar-refractivity contribution in [2.45, 2.75) is 70.3 Å². The van der Waals surface area contributed by atoms with Crippen LogP contribution in [0.25, 0.3) is 11.1 Å². The Morgan fingerprint density at radius 3 is 2.20 bits per heavy atom. The summed E-state index contributed by atoms with van der Waals surface area (Å²) in [6.45, 7) is 6.68. The molecule has 2 atom stereocenters. The summed E-state index contributed by atoms with van der Waals surface area (Å²) in [7, 11) is 0. The van der Waals surface area contributed by atoms with Gasteiger partial charge in [-0.3, -0.25) is 4.90 Å². The number of carbonyl (C=O) groups is 1. The van der Waals surface area contributed by atoms with E-state index in [-0.39, 0.29) is 18.2 Å². The van der Waals surface area contributed by atoms with E-state index in [0.717, 1.165) is 55.1 Å². The van der Waals surface area contributed by atoms with Crippen molar-refractivity contribution >= 4 is 11.8 Å². The molecular formula is C32H31F9N2O2. The van der Waals surface area contributed by atoms with Crippen molar-refractivity contribution in [2.24, 2.45) is 0 Å². The predicted octanol–water partition coefficient (Wildman–Crippen LogP) is 9.63. The van der Waals surface area contributed by atoms with Gasteiger partial charge in [-0.25, -0.2) is 4.79 Å². The number of piperidine rings is 1. The maximum atomic E-state index is 13.7. The monoisotopic (exact) mass is 646 g/mol. The molecule has 0 N–H and O–H groups in total. The van der Waals surface area contributed by atoms with Crippen LogP contribution >= 0.6 is 0 Å². The molecule has 0 aromatic heterocycles. The molecule has 244 valence electrons. The summed E-state index contributed by atoms with van der Waals surface area (Å²) in [5, 5.41) is 0. The van der Waals surface area contributed by atoms with E-state index < -0.39 is 59.1 Å². The summed E-state index contributed by atoms with van der Waals surface area (Å²) in [4.78, 5) is 16.2. The SMILES string of the molecule is C=C(/C=C(\C=C(/C)C(F)(F)F)C(F)(F)F)[C@H]1OC(=O)N(Cc2cc(C(F)(F)F)ccc2-c2cccc(N3CCCCC3)c2)[C@H]1C. The second-order valence-electron chi connectivity index (χ2n) is 11.1. The minimum atomic E-state index is -5.18. The highest BCUT2D eigenvalue weighted by Gasteiger charge is 2.42. The third kappa shape index (κ3) is 8.04. The molecule has 0 spiro atoms. The summed E-state index contributed by atoms with van der Waals surface area (Å²) in [6, 6.07) is 9.41. The van der Waals surface area contributed by atoms with Crippen molar-refractivity contribution in [3.05, 3.63) is 89.0 Å². The number of ether oxygens (including phenoxy) is 1. The zero-order chi connectivity index (χ0) is 33.3. The number of hydrogen-bond donors (Lipinski definition) is 0. The van der Waals surface area contributed by atoms with Crippen molar-refractivity contribution in [2.75, 3.05) is 18.0 Å². The minimum absolute atomic E-state index is 0.0721. The number of nitrogens with zero attached hydrogens (tertiary/aromatic N) is 2. The highest BCUT2D eigenvalue weighted by Crippen LogP contribution is 2.38. The Morgan fingerprint density at radius 2 is 1.60 bits per heavy atom. The van der Waals surface area contributed by atoms with E-state index in [0.29, 0.717) is 24.1 Å². The molecule has 2 heterocycles. The number of hydrogen-bond acceptors (Lipinski definition) is 3. The van der Waals surface area contributed by atoms with Crippen LogP contribution < -0.4 is 4.90 Å². The van der Waals surface area contributed by atoms with Gasteiger partial charge in [-0.2, -0.15) is 39.5 Å². The molecule has 2 aromatic carbocycles. The highest BCUT2D eigenvalue weighted by atomic mass is 19.4. The van der Waals surface area contributed by atoms with E-state index in [1.807, 2.05) is 12.1 Å². The molecule has 2 aliphatic rings. The molecule has 4 nitrogen and oxygen atoms in total. The first-order chi connectivity index (χ1) is 20.9. The Kier molecular flexibility index (Phi) is 9.70. The molecule has 2 saturated heterocycles. The zero-order valence-corrected chi connectivity index (χ0v) is 24.4. The van der Waals surface area contributed by atoms with Crippen molar-refractivity contribution < 1.29 is 49.0 Å². The van der Waals surface area contributed by atoms with Crippen LogP contribution in [0.4, 0.5) is 50.0 Å². The Hall–Kier alpha value is -3.90. The molecule has 4 rings (SSSR count). The highest BCUT2D eigenvalue weighted by molar-refractivity contribution is 5.75. The Balaban J connectivity index is 1.67. The largest absolute Gasteiger partial charge is 0.439 e. The Labute approximate surface area is 254 Å². The van der Waals surface area contributed by atoms with Crippen LogP contribution in [0.5, 0.6) is 0 Å². The molecular weight excluding hydrogens is 615 g/mol. The van der Waals surface area contributed by atoms with E-state index in [1.54, 1.807) is 12.1 Å². The second-order valence-corrected chi connectivity index (χ2v) is 11.1. The molecule has 2 aliphatic heterocycles. The third-order valence-corrected chi connectivity index (χ3v) is 7.90. The van der Waals surface area contributed by atoms with Crippen molar-refractivity contribution in [1.29, 1.82) is 0 Å². The molecule has 0 bridgehead atoms. The molecule has 0 saturated carbocycles. The van der Waals surface area contributed by atoms with Gasteiger partial charge in [-0.1, -0.05) is 24.8 Å². The molecule has 0 aliphatic carbocycles. The van der Waals surface area contributed by atoms with E-state index in [4.69, 9.17) is 4.74 Å². The number of cyclic esters (lactones) is 1. The Morgan fingerprint density at radius 1 is 0.933 bits per heavy atom. The number of carbonyl (C=O) groups excluding carboxylic acids is 1. The lowest BCUT2D eigenvalue weighted by Gasteiger charge is -2.29. The second kappa shape index (κ2) is 12.8. The van der Waals surface area contributed by atoms with Crippen LogP contribution in [0.1, 0.15) is 44.2 Å². The maximum Gasteiger partial charge on any atom is 0.416 e. The smallest absolute Gasteiger partial charge is 0.416 e. The summed E-state index contributed by atoms with van der Waals surface area (Å²) in [5.41, 5.74) is -2.52. The number of amides is 1. The van der Waals surface area contributed by atoms with Crippen molar-refractivity contribution in [3.8, 4) is 11.1 Å². The lowest BCUT2D eigenvalue weighted by atomic mass is 9.95. The zero-order valence-electron chi connectivity index (χ0n) is 24.4. The van der Waals surface area contributed by atoms with Gasteiger partial charge in [0, 0.05) is 24.4 Å². The van der Waals surface area contributed by atoms with Crippen LogP contribution in [-0.2, 0) is 17.5 Å². The van der Waals surface area contributed by atoms with E-state index in [1.165, 1.54) is 13.0 Å². The number of rotatable bonds is 7. The van der Waals surface area contributed by atoms with Crippen LogP contribution in [-0.4, -0.2) is 48.6 Å². The lowest BCUT2D eigenvalue weighted by Crippen LogP contribution is -2.34. The fourth-order valence-corrected chi connectivity index (χ4v) is 5.39. The lowest BCUT2D eigenvalue weighted by molar-refractivity contribution is -0.137. The van der Waals surface area contributed by atoms with Crippen LogP contribution in [0.15, 0.2) is 77.9 Å². The molecule has 0 radical (unpaired) electrons. The normalized spacial score (nSPS) is 20.5. The van der Waals surface area contributed by atoms with Gasteiger partial charge in [0.15, 0.2) is 0 Å². The van der Waals surface area contributed by atoms with Gasteiger partial charge in [-0.15, -0.1) is 0 Å². The van der Waals surface area contributed by atoms with E-state index >= 15 is 0 Å². The van der Waals surface area contributed by atoms with Gasteiger partial charge in [-0.05, 0) is 91.8 Å². The minimum Gasteiger partial charge on any atom is -0.439 e. The summed E-state index contributed by atoms with van der Waals surface area (Å²) in [6.07, 6.45) is -13.9. The number of alkyl halides is 9. The molecule has 2 aromatic rings. The number of anilines is 1. The van der Waals surface area contributed by atoms with Crippen LogP contribution in [0, 0.1) is 0 Å². The van der Waals surface area contributed by atoms with Gasteiger partial charge >= 0.3 is 24.6 Å². The van der Waals surface area contributed by atoms with Crippen molar-refractivity contribution in [1.82, 2.24) is 4.90 Å². The van der Waals surface area contributed by atoms with Gasteiger partial charge in [0.2, 0.25) is 0 Å². The predicted molar refractivity (Wildman–Crippen MR) is 151 cm³/mol. The van der Waals surface area contributed by atoms with E-state index in [9.17, 15) is 44.3 Å². The van der Waals surface area contributed by atoms with Gasteiger partial charge in [0.25, 0.3) is 0 Å². The fraction of sp³-hybridized carbons (Fsp3) is 0.406. The van der Waals surface area contributed by atoms with E-state index in [2.05, 4.69) is 11.5 Å². The number of allylic oxidation sites excluding steroid dienone is 3. The topological polar surface area (TPSA) is 32.8 Å². The molecule has 45 heavy (non-hydrogen) atoms. The molecule has 0 unspecified atom stereocenters. The molecule has 13 heteroatoms. The summed E-state index contributed by atoms with van der Waals surface area (Å²) in [5.74, 6) is 0. The standard InChI is InChI=1S/C32H31F9N2O2/c1-19(14-25(32(39,40)41)15-20(2)30(33,34)35)28-21(3)43(29(44)45-28)18-23-16-24(31(36,37)38)10-11-27(23)22-8-7-9-26(17-22)42-12-5-4-6-13-42/h7-11,14-17,21,28H,1,4-6,12-13,18H2,2-3H3/b20-15+,25-14+/t21-,28+/m0/s1. The van der Waals surface area contributed by atoms with Gasteiger partial charge in [0.05, 0.1) is 23.7 Å². The average molecular weight is 647 g/mol. The van der Waals surface area contributed by atoms with Crippen LogP contribution in [0.2, 0.25) is 0 Å². The van der Waals surface area contributed by atoms with Gasteiger partial charge in [0.1, 0.15) is 6.10 Å². The molecule has 2 fully saturated rings. The number of halogens is 9. The quantitative estimate of drug-likeness (QED) is 0.222. The summed E-state index contributed by atoms with van der Waals surface area (Å²) < 4.78 is 126. The third-order valence-electron chi connectivity index (χ3n) is 7.90. The Bertz CT molecular complexity index is 1480. The number of benzene rings is 2. The average Bonchev–Trinajstić information content (AvgIpc) is 3.24. The van der Waals surface area contributed by atoms with Crippen molar-refractivity contribution in [3.63, 3.8) is 0 Å². The summed E-state index contributed by atoms with van der Waals surface area (Å²) >= 11 is 0. The fourth-order valence-electron chi connectivity index (χ4n) is 5.39. The maximum absolute atomic E-state index is 13.7.